The van der Waals surface area contributed by atoms with Crippen molar-refractivity contribution in [1.82, 2.24) is 25.3 Å². The Balaban J connectivity index is 1.20. The van der Waals surface area contributed by atoms with Crippen LogP contribution in [0, 0.1) is 5.92 Å². The number of aromatic nitrogens is 2. The maximum Gasteiger partial charge on any atom is 0.315 e. The van der Waals surface area contributed by atoms with Gasteiger partial charge in [-0.3, -0.25) is 4.79 Å². The fourth-order valence-corrected chi connectivity index (χ4v) is 4.50. The van der Waals surface area contributed by atoms with E-state index in [-0.39, 0.29) is 18.0 Å². The molecule has 0 atom stereocenters. The Morgan fingerprint density at radius 1 is 1.03 bits per heavy atom. The molecule has 7 nitrogen and oxygen atoms in total. The molecule has 0 spiro atoms. The van der Waals surface area contributed by atoms with E-state index >= 15 is 0 Å². The normalized spacial score (nSPS) is 18.2. The highest BCUT2D eigenvalue weighted by molar-refractivity contribution is 5.79. The number of carbonyl (C=O) groups excluding carboxylic acids is 2. The van der Waals surface area contributed by atoms with Crippen molar-refractivity contribution in [1.29, 1.82) is 0 Å². The number of piperidine rings is 1. The molecule has 7 heteroatoms. The van der Waals surface area contributed by atoms with E-state index in [0.29, 0.717) is 12.5 Å². The van der Waals surface area contributed by atoms with Crippen LogP contribution in [-0.4, -0.2) is 45.8 Å². The number of likely N-dealkylation sites (tertiary alicyclic amines) is 1. The summed E-state index contributed by atoms with van der Waals surface area (Å²) in [5.41, 5.74) is 1.99. The first-order valence-corrected chi connectivity index (χ1v) is 11.1. The Morgan fingerprint density at radius 3 is 2.57 bits per heavy atom. The summed E-state index contributed by atoms with van der Waals surface area (Å²) in [6.45, 7) is 1.94. The molecule has 4 rings (SSSR count). The Bertz CT molecular complexity index is 837. The lowest BCUT2D eigenvalue weighted by atomic mass is 9.87. The minimum atomic E-state index is -0.156. The third-order valence-corrected chi connectivity index (χ3v) is 6.23. The minimum absolute atomic E-state index is 0.121. The Hall–Kier alpha value is -2.83. The number of urea groups is 1. The van der Waals surface area contributed by atoms with Crippen molar-refractivity contribution >= 4 is 11.9 Å². The van der Waals surface area contributed by atoms with Gasteiger partial charge in [-0.25, -0.2) is 9.48 Å². The summed E-state index contributed by atoms with van der Waals surface area (Å²) in [4.78, 5) is 27.0. The van der Waals surface area contributed by atoms with Crippen LogP contribution in [0.25, 0.3) is 5.69 Å². The third kappa shape index (κ3) is 5.20. The molecule has 2 aliphatic rings. The van der Waals surface area contributed by atoms with Gasteiger partial charge < -0.3 is 15.5 Å². The predicted molar refractivity (Wildman–Crippen MR) is 115 cm³/mol. The molecule has 30 heavy (non-hydrogen) atoms. The van der Waals surface area contributed by atoms with Crippen molar-refractivity contribution in [2.75, 3.05) is 13.1 Å². The average molecular weight is 410 g/mol. The number of nitrogens with one attached hydrogen (secondary N) is 2. The van der Waals surface area contributed by atoms with Crippen molar-refractivity contribution < 1.29 is 9.59 Å². The van der Waals surface area contributed by atoms with Gasteiger partial charge in [0.2, 0.25) is 5.91 Å². The first kappa shape index (κ1) is 20.4. The van der Waals surface area contributed by atoms with Gasteiger partial charge in [0.25, 0.3) is 0 Å². The number of benzene rings is 1. The van der Waals surface area contributed by atoms with Crippen molar-refractivity contribution in [3.05, 3.63) is 48.3 Å². The number of rotatable bonds is 5. The third-order valence-electron chi connectivity index (χ3n) is 6.23. The monoisotopic (exact) mass is 409 g/mol. The lowest BCUT2D eigenvalue weighted by molar-refractivity contribution is -0.137. The first-order chi connectivity index (χ1) is 14.7. The summed E-state index contributed by atoms with van der Waals surface area (Å²) >= 11 is 0. The van der Waals surface area contributed by atoms with Gasteiger partial charge in [-0.05, 0) is 49.4 Å². The van der Waals surface area contributed by atoms with Crippen LogP contribution in [0.15, 0.2) is 42.7 Å². The summed E-state index contributed by atoms with van der Waals surface area (Å²) in [7, 11) is 0. The summed E-state index contributed by atoms with van der Waals surface area (Å²) < 4.78 is 1.80. The van der Waals surface area contributed by atoms with Crippen molar-refractivity contribution in [2.24, 2.45) is 5.92 Å². The van der Waals surface area contributed by atoms with Crippen molar-refractivity contribution in [2.45, 2.75) is 57.5 Å². The second-order valence-corrected chi connectivity index (χ2v) is 8.38. The van der Waals surface area contributed by atoms with Gasteiger partial charge in [0.05, 0.1) is 5.69 Å². The molecule has 0 radical (unpaired) electrons. The van der Waals surface area contributed by atoms with Gasteiger partial charge in [0.1, 0.15) is 0 Å². The summed E-state index contributed by atoms with van der Waals surface area (Å²) in [6.07, 6.45) is 11.0. The quantitative estimate of drug-likeness (QED) is 0.796. The summed E-state index contributed by atoms with van der Waals surface area (Å²) in [5, 5.41) is 10.2. The van der Waals surface area contributed by atoms with Crippen molar-refractivity contribution in [3.63, 3.8) is 0 Å². The highest BCUT2D eigenvalue weighted by atomic mass is 16.2. The predicted octanol–water partition coefficient (Wildman–Crippen LogP) is 3.24. The molecular weight excluding hydrogens is 378 g/mol. The SMILES string of the molecule is O=C(NCc1cccc(-n2cccn2)c1)NC1CCN(C(=O)C2CCCCC2)CC1. The molecule has 1 saturated carbocycles. The minimum Gasteiger partial charge on any atom is -0.342 e. The van der Waals surface area contributed by atoms with Crippen LogP contribution in [-0.2, 0) is 11.3 Å². The standard InChI is InChI=1S/C23H31N5O2/c29-22(19-7-2-1-3-8-19)27-14-10-20(11-15-27)26-23(30)24-17-18-6-4-9-21(16-18)28-13-5-12-25-28/h4-6,9,12-13,16,19-20H,1-3,7-8,10-11,14-15,17H2,(H2,24,26,30). The molecular formula is C23H31N5O2. The summed E-state index contributed by atoms with van der Waals surface area (Å²) in [6, 6.07) is 9.80. The topological polar surface area (TPSA) is 79.3 Å². The van der Waals surface area contributed by atoms with E-state index in [1.807, 2.05) is 41.4 Å². The molecule has 2 heterocycles. The Labute approximate surface area is 177 Å². The van der Waals surface area contributed by atoms with Crippen molar-refractivity contribution in [3.8, 4) is 5.69 Å². The molecule has 0 unspecified atom stereocenters. The number of hydrogen-bond acceptors (Lipinski definition) is 3. The van der Waals surface area contributed by atoms with Crippen LogP contribution in [0.3, 0.4) is 0 Å². The molecule has 2 fully saturated rings. The Kier molecular flexibility index (Phi) is 6.67. The number of carbonyl (C=O) groups is 2. The fourth-order valence-electron chi connectivity index (χ4n) is 4.50. The molecule has 2 N–H and O–H groups in total. The van der Waals surface area contributed by atoms with E-state index in [1.54, 1.807) is 10.9 Å². The van der Waals surface area contributed by atoms with Crippen LogP contribution in [0.5, 0.6) is 0 Å². The zero-order valence-corrected chi connectivity index (χ0v) is 17.4. The van der Waals surface area contributed by atoms with Gasteiger partial charge >= 0.3 is 6.03 Å². The van der Waals surface area contributed by atoms with Crippen LogP contribution < -0.4 is 10.6 Å². The van der Waals surface area contributed by atoms with Gasteiger partial charge in [-0.15, -0.1) is 0 Å². The van der Waals surface area contributed by atoms with Gasteiger partial charge in [-0.1, -0.05) is 31.4 Å². The zero-order chi connectivity index (χ0) is 20.8. The molecule has 160 valence electrons. The average Bonchev–Trinajstić information content (AvgIpc) is 3.34. The van der Waals surface area contributed by atoms with Crippen LogP contribution in [0.4, 0.5) is 4.79 Å². The molecule has 1 aromatic carbocycles. The lowest BCUT2D eigenvalue weighted by Gasteiger charge is -2.35. The van der Waals surface area contributed by atoms with Crippen LogP contribution in [0.1, 0.15) is 50.5 Å². The number of nitrogens with zero attached hydrogens (tertiary/aromatic N) is 3. The summed E-state index contributed by atoms with van der Waals surface area (Å²) in [5.74, 6) is 0.554. The first-order valence-electron chi connectivity index (χ1n) is 11.1. The fraction of sp³-hybridized carbons (Fsp3) is 0.522. The van der Waals surface area contributed by atoms with Gasteiger partial charge in [-0.2, -0.15) is 5.10 Å². The molecule has 3 amide bonds. The van der Waals surface area contributed by atoms with E-state index in [9.17, 15) is 9.59 Å². The van der Waals surface area contributed by atoms with Crippen LogP contribution >= 0.6 is 0 Å². The molecule has 1 saturated heterocycles. The van der Waals surface area contributed by atoms with E-state index < -0.39 is 0 Å². The maximum absolute atomic E-state index is 12.7. The zero-order valence-electron chi connectivity index (χ0n) is 17.4. The van der Waals surface area contributed by atoms with E-state index in [4.69, 9.17) is 0 Å². The number of amides is 3. The second kappa shape index (κ2) is 9.78. The second-order valence-electron chi connectivity index (χ2n) is 8.38. The van der Waals surface area contributed by atoms with E-state index in [0.717, 1.165) is 50.0 Å². The molecule has 2 aromatic rings. The smallest absolute Gasteiger partial charge is 0.315 e. The molecule has 0 bridgehead atoms. The highest BCUT2D eigenvalue weighted by Crippen LogP contribution is 2.26. The maximum atomic E-state index is 12.7. The number of hydrogen-bond donors (Lipinski definition) is 2. The van der Waals surface area contributed by atoms with Crippen LogP contribution in [0.2, 0.25) is 0 Å². The molecule has 1 aliphatic carbocycles. The largest absolute Gasteiger partial charge is 0.342 e. The lowest BCUT2D eigenvalue weighted by Crippen LogP contribution is -2.50. The molecule has 1 aliphatic heterocycles. The highest BCUT2D eigenvalue weighted by Gasteiger charge is 2.29. The van der Waals surface area contributed by atoms with Gasteiger partial charge in [0.15, 0.2) is 0 Å². The molecule has 1 aromatic heterocycles. The Morgan fingerprint density at radius 2 is 1.83 bits per heavy atom. The van der Waals surface area contributed by atoms with E-state index in [2.05, 4.69) is 15.7 Å². The van der Waals surface area contributed by atoms with Gasteiger partial charge in [0, 0.05) is 44.0 Å². The van der Waals surface area contributed by atoms with E-state index in [1.165, 1.54) is 19.3 Å².